The van der Waals surface area contributed by atoms with Crippen molar-refractivity contribution < 1.29 is 28.9 Å². The summed E-state index contributed by atoms with van der Waals surface area (Å²) in [6.45, 7) is 6.35. The Labute approximate surface area is 220 Å². The van der Waals surface area contributed by atoms with Crippen LogP contribution < -0.4 is 19.1 Å². The Morgan fingerprint density at radius 2 is 1.65 bits per heavy atom. The lowest BCUT2D eigenvalue weighted by atomic mass is 9.94. The number of anilines is 1. The Morgan fingerprint density at radius 3 is 2.30 bits per heavy atom. The van der Waals surface area contributed by atoms with Crippen LogP contribution in [0.1, 0.15) is 36.6 Å². The lowest BCUT2D eigenvalue weighted by molar-refractivity contribution is -0.132. The van der Waals surface area contributed by atoms with E-state index in [4.69, 9.17) is 25.8 Å². The molecule has 1 N–H and O–H groups in total. The van der Waals surface area contributed by atoms with Crippen LogP contribution in [0.4, 0.5) is 5.69 Å². The third-order valence-corrected chi connectivity index (χ3v) is 6.29. The number of Topliss-reactive ketones (excluding diaryl/α,β-unsaturated/α-hetero) is 1. The molecule has 37 heavy (non-hydrogen) atoms. The number of hydrogen-bond acceptors (Lipinski definition) is 6. The molecule has 1 aliphatic rings. The molecule has 8 heteroatoms. The highest BCUT2D eigenvalue weighted by Crippen LogP contribution is 2.45. The SMILES string of the molecule is CCOc1ccc(N2C(=O)C(=O)/C(=C(/O)c3cc(C)cc(Cl)c3OC)C2c2ccccc2)cc1OCC. The lowest BCUT2D eigenvalue weighted by Crippen LogP contribution is -2.29. The van der Waals surface area contributed by atoms with E-state index >= 15 is 0 Å². The Morgan fingerprint density at radius 1 is 0.973 bits per heavy atom. The van der Waals surface area contributed by atoms with Gasteiger partial charge in [0.2, 0.25) is 0 Å². The molecule has 1 amide bonds. The van der Waals surface area contributed by atoms with Crippen LogP contribution in [-0.2, 0) is 9.59 Å². The van der Waals surface area contributed by atoms with Crippen LogP contribution in [-0.4, -0.2) is 37.1 Å². The van der Waals surface area contributed by atoms with Gasteiger partial charge < -0.3 is 19.3 Å². The van der Waals surface area contributed by atoms with Gasteiger partial charge in [-0.05, 0) is 56.2 Å². The third-order valence-electron chi connectivity index (χ3n) is 6.01. The molecule has 192 valence electrons. The predicted molar refractivity (Wildman–Crippen MR) is 143 cm³/mol. The molecule has 1 saturated heterocycles. The largest absolute Gasteiger partial charge is 0.507 e. The number of ether oxygens (including phenoxy) is 3. The van der Waals surface area contributed by atoms with Gasteiger partial charge in [0.05, 0.1) is 42.5 Å². The van der Waals surface area contributed by atoms with Crippen LogP contribution in [0.3, 0.4) is 0 Å². The number of ketones is 1. The first-order valence-corrected chi connectivity index (χ1v) is 12.3. The molecule has 3 aromatic rings. The second-order valence-electron chi connectivity index (χ2n) is 8.40. The summed E-state index contributed by atoms with van der Waals surface area (Å²) >= 11 is 6.37. The fourth-order valence-electron chi connectivity index (χ4n) is 4.50. The summed E-state index contributed by atoms with van der Waals surface area (Å²) < 4.78 is 16.9. The predicted octanol–water partition coefficient (Wildman–Crippen LogP) is 6.08. The maximum atomic E-state index is 13.5. The average Bonchev–Trinajstić information content (AvgIpc) is 3.15. The van der Waals surface area contributed by atoms with Gasteiger partial charge in [-0.25, -0.2) is 0 Å². The van der Waals surface area contributed by atoms with Gasteiger partial charge in [-0.3, -0.25) is 14.5 Å². The number of rotatable bonds is 8. The minimum atomic E-state index is -0.905. The number of aliphatic hydroxyl groups is 1. The molecule has 1 atom stereocenters. The van der Waals surface area contributed by atoms with Gasteiger partial charge in [-0.15, -0.1) is 0 Å². The number of carbonyl (C=O) groups excluding carboxylic acids is 2. The zero-order valence-corrected chi connectivity index (χ0v) is 21.8. The minimum Gasteiger partial charge on any atom is -0.507 e. The highest BCUT2D eigenvalue weighted by Gasteiger charge is 2.47. The van der Waals surface area contributed by atoms with Crippen LogP contribution in [0.25, 0.3) is 5.76 Å². The van der Waals surface area contributed by atoms with Crippen molar-refractivity contribution in [2.75, 3.05) is 25.2 Å². The van der Waals surface area contributed by atoms with Crippen molar-refractivity contribution in [3.63, 3.8) is 0 Å². The van der Waals surface area contributed by atoms with Gasteiger partial charge in [-0.1, -0.05) is 41.9 Å². The molecule has 0 saturated carbocycles. The zero-order valence-electron chi connectivity index (χ0n) is 21.1. The smallest absolute Gasteiger partial charge is 0.300 e. The Bertz CT molecular complexity index is 1370. The van der Waals surface area contributed by atoms with Crippen LogP contribution in [0, 0.1) is 6.92 Å². The van der Waals surface area contributed by atoms with Gasteiger partial charge in [0.15, 0.2) is 11.5 Å². The van der Waals surface area contributed by atoms with Crippen molar-refractivity contribution >= 4 is 34.7 Å². The monoisotopic (exact) mass is 521 g/mol. The number of aliphatic hydroxyl groups excluding tert-OH is 1. The average molecular weight is 522 g/mol. The number of amides is 1. The quantitative estimate of drug-likeness (QED) is 0.220. The summed E-state index contributed by atoms with van der Waals surface area (Å²) in [6, 6.07) is 16.6. The minimum absolute atomic E-state index is 0.0667. The first-order valence-electron chi connectivity index (χ1n) is 11.9. The maximum absolute atomic E-state index is 13.5. The van der Waals surface area contributed by atoms with Gasteiger partial charge in [-0.2, -0.15) is 0 Å². The summed E-state index contributed by atoms with van der Waals surface area (Å²) in [7, 11) is 1.43. The maximum Gasteiger partial charge on any atom is 0.300 e. The molecular weight excluding hydrogens is 494 g/mol. The molecule has 0 bridgehead atoms. The first-order chi connectivity index (χ1) is 17.8. The van der Waals surface area contributed by atoms with Crippen molar-refractivity contribution in [2.45, 2.75) is 26.8 Å². The number of methoxy groups -OCH3 is 1. The van der Waals surface area contributed by atoms with Gasteiger partial charge >= 0.3 is 0 Å². The normalized spacial score (nSPS) is 16.7. The van der Waals surface area contributed by atoms with Gasteiger partial charge in [0.25, 0.3) is 11.7 Å². The van der Waals surface area contributed by atoms with E-state index < -0.39 is 17.7 Å². The fourth-order valence-corrected chi connectivity index (χ4v) is 4.85. The molecule has 7 nitrogen and oxygen atoms in total. The van der Waals surface area contributed by atoms with Gasteiger partial charge in [0.1, 0.15) is 11.5 Å². The lowest BCUT2D eigenvalue weighted by Gasteiger charge is -2.26. The molecular formula is C29H28ClNO6. The van der Waals surface area contributed by atoms with Crippen LogP contribution in [0.5, 0.6) is 17.2 Å². The molecule has 1 unspecified atom stereocenters. The summed E-state index contributed by atoms with van der Waals surface area (Å²) in [5, 5.41) is 11.8. The number of halogens is 1. The molecule has 0 aliphatic carbocycles. The van der Waals surface area contributed by atoms with E-state index in [9.17, 15) is 14.7 Å². The van der Waals surface area contributed by atoms with E-state index in [-0.39, 0.29) is 27.7 Å². The Balaban J connectivity index is 1.96. The highest BCUT2D eigenvalue weighted by molar-refractivity contribution is 6.51. The molecule has 1 fully saturated rings. The first kappa shape index (κ1) is 26.1. The van der Waals surface area contributed by atoms with E-state index in [2.05, 4.69) is 0 Å². The van der Waals surface area contributed by atoms with E-state index in [1.807, 2.05) is 39.0 Å². The number of nitrogens with zero attached hydrogens (tertiary/aromatic N) is 1. The molecule has 3 aromatic carbocycles. The molecule has 1 heterocycles. The van der Waals surface area contributed by atoms with Gasteiger partial charge in [0, 0.05) is 11.8 Å². The van der Waals surface area contributed by atoms with Crippen LogP contribution in [0.2, 0.25) is 5.02 Å². The van der Waals surface area contributed by atoms with E-state index in [0.717, 1.165) is 5.56 Å². The summed E-state index contributed by atoms with van der Waals surface area (Å²) in [6.07, 6.45) is 0. The van der Waals surface area contributed by atoms with E-state index in [1.165, 1.54) is 12.0 Å². The van der Waals surface area contributed by atoms with Crippen molar-refractivity contribution in [3.8, 4) is 17.2 Å². The van der Waals surface area contributed by atoms with E-state index in [1.54, 1.807) is 42.5 Å². The fraction of sp³-hybridized carbons (Fsp3) is 0.241. The molecule has 0 radical (unpaired) electrons. The summed E-state index contributed by atoms with van der Waals surface area (Å²) in [5.41, 5.74) is 1.99. The number of benzene rings is 3. The Kier molecular flexibility index (Phi) is 7.74. The molecule has 1 aliphatic heterocycles. The number of aryl methyl sites for hydroxylation is 1. The van der Waals surface area contributed by atoms with Crippen molar-refractivity contribution in [2.24, 2.45) is 0 Å². The highest BCUT2D eigenvalue weighted by atomic mass is 35.5. The topological polar surface area (TPSA) is 85.3 Å². The molecule has 0 spiro atoms. The van der Waals surface area contributed by atoms with Crippen molar-refractivity contribution in [1.29, 1.82) is 0 Å². The third kappa shape index (κ3) is 4.87. The number of carbonyl (C=O) groups is 2. The second-order valence-corrected chi connectivity index (χ2v) is 8.81. The zero-order chi connectivity index (χ0) is 26.7. The summed E-state index contributed by atoms with van der Waals surface area (Å²) in [4.78, 5) is 28.4. The van der Waals surface area contributed by atoms with E-state index in [0.29, 0.717) is 36.0 Å². The molecule has 0 aromatic heterocycles. The Hall–Kier alpha value is -3.97. The number of hydrogen-bond donors (Lipinski definition) is 1. The van der Waals surface area contributed by atoms with Crippen molar-refractivity contribution in [3.05, 3.63) is 87.9 Å². The van der Waals surface area contributed by atoms with Crippen LogP contribution in [0.15, 0.2) is 66.2 Å². The summed E-state index contributed by atoms with van der Waals surface area (Å²) in [5.74, 6) is -0.781. The standard InChI is InChI=1S/C29H28ClNO6/c1-5-36-22-13-12-19(16-23(22)37-6-2)31-25(18-10-8-7-9-11-18)24(27(33)29(31)34)26(32)20-14-17(3)15-21(30)28(20)35-4/h7-16,25,32H,5-6H2,1-4H3/b26-24+. The molecule has 4 rings (SSSR count). The van der Waals surface area contributed by atoms with Crippen LogP contribution >= 0.6 is 11.6 Å². The second kappa shape index (κ2) is 11.0. The van der Waals surface area contributed by atoms with Crippen molar-refractivity contribution in [1.82, 2.24) is 0 Å².